The van der Waals surface area contributed by atoms with Crippen LogP contribution in [0, 0.1) is 0 Å². The van der Waals surface area contributed by atoms with Crippen molar-refractivity contribution in [2.24, 2.45) is 0 Å². The molecule has 0 aliphatic rings. The van der Waals surface area contributed by atoms with Gasteiger partial charge in [0, 0.05) is 28.5 Å². The van der Waals surface area contributed by atoms with Gasteiger partial charge in [0.25, 0.3) is 0 Å². The largest absolute Gasteiger partial charge is 0.256 e. The highest BCUT2D eigenvalue weighted by atomic mass is 15.0. The Hall–Kier alpha value is -7.04. The van der Waals surface area contributed by atoms with Crippen LogP contribution in [-0.2, 0) is 0 Å². The molecule has 52 heavy (non-hydrogen) atoms. The summed E-state index contributed by atoms with van der Waals surface area (Å²) in [5.41, 5.74) is 4.77. The van der Waals surface area contributed by atoms with E-state index < -0.39 is 0 Å². The summed E-state index contributed by atoms with van der Waals surface area (Å²) in [6.07, 6.45) is 1.82. The molecule has 4 heteroatoms. The Kier molecular flexibility index (Phi) is 6.22. The Labute approximate surface area is 299 Å². The number of fused-ring (bicyclic) bond motifs is 2. The fourth-order valence-electron chi connectivity index (χ4n) is 8.09. The first kappa shape index (κ1) is 28.8. The van der Waals surface area contributed by atoms with Crippen LogP contribution in [0.3, 0.4) is 0 Å². The zero-order valence-corrected chi connectivity index (χ0v) is 28.0. The van der Waals surface area contributed by atoms with E-state index in [0.29, 0.717) is 17.5 Å². The number of hydrogen-bond acceptors (Lipinski definition) is 4. The minimum atomic E-state index is 0.626. The summed E-state index contributed by atoms with van der Waals surface area (Å²) in [5, 5.41) is 14.9. The zero-order valence-electron chi connectivity index (χ0n) is 28.0. The average molecular weight is 661 g/mol. The number of nitrogens with zero attached hydrogens (tertiary/aromatic N) is 4. The van der Waals surface area contributed by atoms with Gasteiger partial charge in [0.2, 0.25) is 0 Å². The molecular formula is C48H28N4. The summed E-state index contributed by atoms with van der Waals surface area (Å²) in [7, 11) is 0. The van der Waals surface area contributed by atoms with Crippen molar-refractivity contribution in [1.82, 2.24) is 19.9 Å². The Morgan fingerprint density at radius 1 is 0.288 bits per heavy atom. The number of pyridine rings is 1. The molecule has 2 heterocycles. The predicted octanol–water partition coefficient (Wildman–Crippen LogP) is 12.3. The molecule has 11 aromatic rings. The molecule has 240 valence electrons. The summed E-state index contributed by atoms with van der Waals surface area (Å²) < 4.78 is 0. The van der Waals surface area contributed by atoms with Gasteiger partial charge in [-0.1, -0.05) is 140 Å². The lowest BCUT2D eigenvalue weighted by Gasteiger charge is -2.17. The van der Waals surface area contributed by atoms with E-state index in [2.05, 4.69) is 132 Å². The van der Waals surface area contributed by atoms with Crippen LogP contribution in [0.1, 0.15) is 0 Å². The number of rotatable bonds is 4. The van der Waals surface area contributed by atoms with Gasteiger partial charge < -0.3 is 0 Å². The van der Waals surface area contributed by atoms with Crippen molar-refractivity contribution in [1.29, 1.82) is 0 Å². The second-order valence-corrected chi connectivity index (χ2v) is 13.4. The third-order valence-corrected chi connectivity index (χ3v) is 10.5. The first-order valence-corrected chi connectivity index (χ1v) is 17.6. The van der Waals surface area contributed by atoms with Gasteiger partial charge in [-0.05, 0) is 88.9 Å². The molecule has 2 aromatic heterocycles. The van der Waals surface area contributed by atoms with E-state index in [-0.39, 0.29) is 0 Å². The van der Waals surface area contributed by atoms with E-state index >= 15 is 0 Å². The standard InChI is InChI=1S/C48H28N4/c1-2-9-33(10-3-1)46-50-47(34-23-18-29(19-24-34)41-17-4-5-26-49-41)52-48(51-46)36-27-35-25-22-32-12-7-15-38-37-14-6-11-30-20-21-31-13-8-16-39(44(31)42(30)37)40(28-36)45(35)43(32)38/h1-28H. The maximum absolute atomic E-state index is 5.19. The van der Waals surface area contributed by atoms with Crippen LogP contribution in [0.5, 0.6) is 0 Å². The second-order valence-electron chi connectivity index (χ2n) is 13.4. The average Bonchev–Trinajstić information content (AvgIpc) is 3.22. The predicted molar refractivity (Wildman–Crippen MR) is 216 cm³/mol. The van der Waals surface area contributed by atoms with Crippen LogP contribution in [-0.4, -0.2) is 19.9 Å². The van der Waals surface area contributed by atoms with Crippen molar-refractivity contribution < 1.29 is 0 Å². The monoisotopic (exact) mass is 660 g/mol. The van der Waals surface area contributed by atoms with E-state index in [0.717, 1.165) is 33.3 Å². The van der Waals surface area contributed by atoms with E-state index in [1.165, 1.54) is 59.2 Å². The molecule has 0 saturated carbocycles. The molecule has 0 N–H and O–H groups in total. The van der Waals surface area contributed by atoms with Gasteiger partial charge in [-0.2, -0.15) is 0 Å². The van der Waals surface area contributed by atoms with Crippen LogP contribution in [0.2, 0.25) is 0 Å². The molecular weight excluding hydrogens is 633 g/mol. The van der Waals surface area contributed by atoms with E-state index in [9.17, 15) is 0 Å². The molecule has 0 amide bonds. The van der Waals surface area contributed by atoms with Crippen LogP contribution in [0.15, 0.2) is 170 Å². The van der Waals surface area contributed by atoms with Gasteiger partial charge in [0.05, 0.1) is 5.69 Å². The molecule has 4 nitrogen and oxygen atoms in total. The van der Waals surface area contributed by atoms with Crippen molar-refractivity contribution in [2.45, 2.75) is 0 Å². The minimum Gasteiger partial charge on any atom is -0.256 e. The Bertz CT molecular complexity index is 3150. The van der Waals surface area contributed by atoms with Gasteiger partial charge in [-0.25, -0.2) is 15.0 Å². The van der Waals surface area contributed by atoms with Crippen molar-refractivity contribution in [3.63, 3.8) is 0 Å². The summed E-state index contributed by atoms with van der Waals surface area (Å²) in [4.78, 5) is 19.9. The van der Waals surface area contributed by atoms with Gasteiger partial charge in [-0.3, -0.25) is 4.98 Å². The summed E-state index contributed by atoms with van der Waals surface area (Å²) in [5.74, 6) is 1.90. The minimum absolute atomic E-state index is 0.626. The summed E-state index contributed by atoms with van der Waals surface area (Å²) in [6, 6.07) is 58.1. The summed E-state index contributed by atoms with van der Waals surface area (Å²) in [6.45, 7) is 0. The van der Waals surface area contributed by atoms with Crippen molar-refractivity contribution in [3.05, 3.63) is 170 Å². The molecule has 11 rings (SSSR count). The molecule has 0 spiro atoms. The lowest BCUT2D eigenvalue weighted by atomic mass is 9.87. The molecule has 9 aromatic carbocycles. The SMILES string of the molecule is c1ccc(-c2nc(-c3ccc(-c4ccccn4)cc3)nc(-c3cc4ccc5cccc6c7cccc8ccc9cccc(c(c3)c4c56)c9c87)n2)cc1. The Morgan fingerprint density at radius 2 is 0.769 bits per heavy atom. The fourth-order valence-corrected chi connectivity index (χ4v) is 8.09. The molecule has 0 atom stereocenters. The molecule has 0 fully saturated rings. The highest BCUT2D eigenvalue weighted by Crippen LogP contribution is 2.44. The fraction of sp³-hybridized carbons (Fsp3) is 0. The van der Waals surface area contributed by atoms with Crippen LogP contribution in [0.25, 0.3) is 110 Å². The third-order valence-electron chi connectivity index (χ3n) is 10.5. The van der Waals surface area contributed by atoms with Gasteiger partial charge >= 0.3 is 0 Å². The van der Waals surface area contributed by atoms with E-state index in [4.69, 9.17) is 15.0 Å². The quantitative estimate of drug-likeness (QED) is 0.176. The van der Waals surface area contributed by atoms with Crippen LogP contribution < -0.4 is 0 Å². The molecule has 0 bridgehead atoms. The first-order valence-electron chi connectivity index (χ1n) is 17.6. The summed E-state index contributed by atoms with van der Waals surface area (Å²) >= 11 is 0. The maximum atomic E-state index is 5.19. The molecule has 0 unspecified atom stereocenters. The van der Waals surface area contributed by atoms with Crippen LogP contribution in [0.4, 0.5) is 0 Å². The van der Waals surface area contributed by atoms with Gasteiger partial charge in [0.1, 0.15) is 0 Å². The number of hydrogen-bond donors (Lipinski definition) is 0. The maximum Gasteiger partial charge on any atom is 0.164 e. The zero-order chi connectivity index (χ0) is 34.2. The lowest BCUT2D eigenvalue weighted by molar-refractivity contribution is 1.07. The highest BCUT2D eigenvalue weighted by Gasteiger charge is 2.18. The van der Waals surface area contributed by atoms with Gasteiger partial charge in [0.15, 0.2) is 17.5 Å². The Balaban J connectivity index is 1.23. The number of aromatic nitrogens is 4. The lowest BCUT2D eigenvalue weighted by Crippen LogP contribution is -2.00. The molecule has 0 saturated heterocycles. The van der Waals surface area contributed by atoms with Crippen molar-refractivity contribution in [3.8, 4) is 45.4 Å². The molecule has 0 aliphatic heterocycles. The van der Waals surface area contributed by atoms with E-state index in [1.54, 1.807) is 0 Å². The topological polar surface area (TPSA) is 51.6 Å². The molecule has 0 aliphatic carbocycles. The number of benzene rings is 8. The van der Waals surface area contributed by atoms with Crippen LogP contribution >= 0.6 is 0 Å². The van der Waals surface area contributed by atoms with Crippen molar-refractivity contribution in [2.75, 3.05) is 0 Å². The van der Waals surface area contributed by atoms with Crippen molar-refractivity contribution >= 4 is 64.6 Å². The second kappa shape index (κ2) is 11.2. The Morgan fingerprint density at radius 3 is 1.35 bits per heavy atom. The first-order chi connectivity index (χ1) is 25.8. The van der Waals surface area contributed by atoms with Gasteiger partial charge in [-0.15, -0.1) is 0 Å². The molecule has 0 radical (unpaired) electrons. The normalized spacial score (nSPS) is 11.8. The smallest absolute Gasteiger partial charge is 0.164 e. The third kappa shape index (κ3) is 4.41. The highest BCUT2D eigenvalue weighted by molar-refractivity contribution is 6.37. The van der Waals surface area contributed by atoms with E-state index in [1.807, 2.05) is 42.6 Å².